The van der Waals surface area contributed by atoms with Crippen molar-refractivity contribution < 1.29 is 27.5 Å². The molecule has 0 aliphatic heterocycles. The predicted octanol–water partition coefficient (Wildman–Crippen LogP) is 3.23. The molecular formula is C19H18F3NO3. The number of ether oxygens (including phenoxy) is 1. The Labute approximate surface area is 149 Å². The van der Waals surface area contributed by atoms with Crippen molar-refractivity contribution in [3.63, 3.8) is 0 Å². The molecule has 1 N–H and O–H groups in total. The van der Waals surface area contributed by atoms with E-state index >= 15 is 0 Å². The van der Waals surface area contributed by atoms with Crippen LogP contribution in [-0.4, -0.2) is 25.0 Å². The van der Waals surface area contributed by atoms with Crippen molar-refractivity contribution in [3.8, 4) is 0 Å². The molecule has 0 aliphatic rings. The van der Waals surface area contributed by atoms with Crippen molar-refractivity contribution in [3.05, 3.63) is 70.0 Å². The number of carbonyl (C=O) groups excluding carboxylic acids is 2. The van der Waals surface area contributed by atoms with Gasteiger partial charge in [0.1, 0.15) is 29.1 Å². The summed E-state index contributed by atoms with van der Waals surface area (Å²) in [5.74, 6) is -5.77. The molecule has 0 saturated heterocycles. The molecule has 1 atom stereocenters. The number of halogens is 3. The average molecular weight is 365 g/mol. The van der Waals surface area contributed by atoms with Gasteiger partial charge in [-0.25, -0.2) is 18.0 Å². The van der Waals surface area contributed by atoms with Gasteiger partial charge in [0.2, 0.25) is 0 Å². The molecule has 7 heteroatoms. The maximum Gasteiger partial charge on any atom is 0.328 e. The van der Waals surface area contributed by atoms with Gasteiger partial charge in [-0.3, -0.25) is 4.79 Å². The molecule has 4 nitrogen and oxygen atoms in total. The zero-order chi connectivity index (χ0) is 19.4. The van der Waals surface area contributed by atoms with E-state index in [1.807, 2.05) is 32.0 Å². The Bertz CT molecular complexity index is 809. The summed E-state index contributed by atoms with van der Waals surface area (Å²) in [7, 11) is 1.14. The minimum atomic E-state index is -1.35. The highest BCUT2D eigenvalue weighted by Crippen LogP contribution is 2.18. The molecular weight excluding hydrogens is 347 g/mol. The van der Waals surface area contributed by atoms with Crippen LogP contribution >= 0.6 is 0 Å². The Kier molecular flexibility index (Phi) is 6.02. The molecule has 138 valence electrons. The van der Waals surface area contributed by atoms with Gasteiger partial charge >= 0.3 is 5.97 Å². The maximum absolute atomic E-state index is 13.8. The highest BCUT2D eigenvalue weighted by Gasteiger charge is 2.27. The van der Waals surface area contributed by atoms with Crippen LogP contribution in [0.3, 0.4) is 0 Å². The number of hydrogen-bond donors (Lipinski definition) is 1. The fourth-order valence-corrected chi connectivity index (χ4v) is 2.70. The molecule has 2 aromatic rings. The van der Waals surface area contributed by atoms with E-state index in [-0.39, 0.29) is 6.42 Å². The van der Waals surface area contributed by atoms with Gasteiger partial charge in [0.15, 0.2) is 0 Å². The van der Waals surface area contributed by atoms with Gasteiger partial charge < -0.3 is 10.1 Å². The normalized spacial score (nSPS) is 11.8. The number of aryl methyl sites for hydroxylation is 2. The maximum atomic E-state index is 13.8. The highest BCUT2D eigenvalue weighted by molar-refractivity contribution is 5.97. The lowest BCUT2D eigenvalue weighted by molar-refractivity contribution is -0.142. The van der Waals surface area contributed by atoms with Gasteiger partial charge in [-0.2, -0.15) is 0 Å². The third-order valence-corrected chi connectivity index (χ3v) is 4.08. The summed E-state index contributed by atoms with van der Waals surface area (Å²) in [5, 5.41) is 2.27. The Hall–Kier alpha value is -2.83. The van der Waals surface area contributed by atoms with E-state index in [9.17, 15) is 22.8 Å². The third kappa shape index (κ3) is 4.22. The quantitative estimate of drug-likeness (QED) is 0.828. The fourth-order valence-electron chi connectivity index (χ4n) is 2.70. The molecule has 0 bridgehead atoms. The fraction of sp³-hybridized carbons (Fsp3) is 0.263. The molecule has 0 heterocycles. The number of hydrogen-bond acceptors (Lipinski definition) is 3. The van der Waals surface area contributed by atoms with Crippen molar-refractivity contribution in [2.45, 2.75) is 26.3 Å². The minimum Gasteiger partial charge on any atom is -0.467 e. The molecule has 0 spiro atoms. The second kappa shape index (κ2) is 8.03. The summed E-state index contributed by atoms with van der Waals surface area (Å²) in [4.78, 5) is 24.3. The first kappa shape index (κ1) is 19.5. The van der Waals surface area contributed by atoms with Crippen LogP contribution in [0.5, 0.6) is 0 Å². The van der Waals surface area contributed by atoms with E-state index in [2.05, 4.69) is 10.1 Å². The van der Waals surface area contributed by atoms with Crippen LogP contribution in [0.25, 0.3) is 0 Å². The first-order valence-corrected chi connectivity index (χ1v) is 7.83. The predicted molar refractivity (Wildman–Crippen MR) is 89.2 cm³/mol. The Morgan fingerprint density at radius 1 is 1.08 bits per heavy atom. The number of amides is 1. The van der Waals surface area contributed by atoms with Crippen LogP contribution in [0, 0.1) is 31.3 Å². The van der Waals surface area contributed by atoms with Gasteiger partial charge in [-0.15, -0.1) is 0 Å². The number of methoxy groups -OCH3 is 1. The van der Waals surface area contributed by atoms with Crippen LogP contribution in [0.2, 0.25) is 0 Å². The summed E-state index contributed by atoms with van der Waals surface area (Å²) in [6.45, 7) is 3.69. The van der Waals surface area contributed by atoms with Gasteiger partial charge in [-0.05, 0) is 30.5 Å². The van der Waals surface area contributed by atoms with E-state index in [1.165, 1.54) is 0 Å². The molecule has 0 saturated carbocycles. The lowest BCUT2D eigenvalue weighted by Gasteiger charge is -2.19. The second-order valence-electron chi connectivity index (χ2n) is 5.87. The van der Waals surface area contributed by atoms with Crippen molar-refractivity contribution in [2.24, 2.45) is 0 Å². The van der Waals surface area contributed by atoms with Gasteiger partial charge in [0.05, 0.1) is 7.11 Å². The van der Waals surface area contributed by atoms with Gasteiger partial charge in [-0.1, -0.05) is 18.2 Å². The van der Waals surface area contributed by atoms with Crippen molar-refractivity contribution in [1.82, 2.24) is 5.32 Å². The largest absolute Gasteiger partial charge is 0.467 e. The van der Waals surface area contributed by atoms with E-state index in [0.717, 1.165) is 23.8 Å². The van der Waals surface area contributed by atoms with Gasteiger partial charge in [0.25, 0.3) is 5.91 Å². The number of benzene rings is 2. The Morgan fingerprint density at radius 3 is 2.12 bits per heavy atom. The van der Waals surface area contributed by atoms with Crippen LogP contribution in [0.4, 0.5) is 13.2 Å². The monoisotopic (exact) mass is 365 g/mol. The van der Waals surface area contributed by atoms with Gasteiger partial charge in [0, 0.05) is 18.6 Å². The summed E-state index contributed by atoms with van der Waals surface area (Å²) >= 11 is 0. The van der Waals surface area contributed by atoms with Crippen molar-refractivity contribution >= 4 is 11.9 Å². The van der Waals surface area contributed by atoms with E-state index in [4.69, 9.17) is 0 Å². The van der Waals surface area contributed by atoms with Crippen molar-refractivity contribution in [2.75, 3.05) is 7.11 Å². The summed E-state index contributed by atoms with van der Waals surface area (Å²) < 4.78 is 45.3. The molecule has 0 fully saturated rings. The molecule has 2 rings (SSSR count). The second-order valence-corrected chi connectivity index (χ2v) is 5.87. The Morgan fingerprint density at radius 2 is 1.62 bits per heavy atom. The molecule has 2 aromatic carbocycles. The van der Waals surface area contributed by atoms with Crippen LogP contribution in [-0.2, 0) is 16.0 Å². The third-order valence-electron chi connectivity index (χ3n) is 4.08. The first-order chi connectivity index (χ1) is 12.2. The molecule has 1 amide bonds. The molecule has 0 unspecified atom stereocenters. The topological polar surface area (TPSA) is 55.4 Å². The SMILES string of the molecule is COC(=O)[C@@H](Cc1c(C)cccc1C)NC(=O)c1c(F)cc(F)cc1F. The van der Waals surface area contributed by atoms with E-state index < -0.39 is 40.9 Å². The molecule has 0 radical (unpaired) electrons. The van der Waals surface area contributed by atoms with Crippen LogP contribution < -0.4 is 5.32 Å². The summed E-state index contributed by atoms with van der Waals surface area (Å²) in [5.41, 5.74) is 1.64. The highest BCUT2D eigenvalue weighted by atomic mass is 19.1. The van der Waals surface area contributed by atoms with E-state index in [1.54, 1.807) is 0 Å². The van der Waals surface area contributed by atoms with Crippen LogP contribution in [0.1, 0.15) is 27.0 Å². The molecule has 0 aromatic heterocycles. The summed E-state index contributed by atoms with van der Waals surface area (Å²) in [6, 6.07) is 5.18. The first-order valence-electron chi connectivity index (χ1n) is 7.83. The van der Waals surface area contributed by atoms with Crippen molar-refractivity contribution in [1.29, 1.82) is 0 Å². The minimum absolute atomic E-state index is 0.0847. The number of nitrogens with one attached hydrogen (secondary N) is 1. The zero-order valence-electron chi connectivity index (χ0n) is 14.5. The Balaban J connectivity index is 2.32. The standard InChI is InChI=1S/C19H18F3NO3/c1-10-5-4-6-11(2)13(10)9-16(19(25)26-3)23-18(24)17-14(21)7-12(20)8-15(17)22/h4-8,16H,9H2,1-3H3,(H,23,24)/t16-/m1/s1. The lowest BCUT2D eigenvalue weighted by atomic mass is 9.96. The number of esters is 1. The number of rotatable bonds is 5. The summed E-state index contributed by atoms with van der Waals surface area (Å²) in [6.07, 6.45) is 0.0847. The van der Waals surface area contributed by atoms with Crippen LogP contribution in [0.15, 0.2) is 30.3 Å². The zero-order valence-corrected chi connectivity index (χ0v) is 14.5. The smallest absolute Gasteiger partial charge is 0.328 e. The number of carbonyl (C=O) groups is 2. The lowest BCUT2D eigenvalue weighted by Crippen LogP contribution is -2.43. The van der Waals surface area contributed by atoms with E-state index in [0.29, 0.717) is 12.1 Å². The molecule has 26 heavy (non-hydrogen) atoms. The average Bonchev–Trinajstić information content (AvgIpc) is 2.55. The molecule has 0 aliphatic carbocycles.